The van der Waals surface area contributed by atoms with Crippen LogP contribution in [-0.4, -0.2) is 18.8 Å². The van der Waals surface area contributed by atoms with Gasteiger partial charge in [0.2, 0.25) is 0 Å². The van der Waals surface area contributed by atoms with Crippen molar-refractivity contribution in [3.63, 3.8) is 0 Å². The van der Waals surface area contributed by atoms with Crippen molar-refractivity contribution in [3.05, 3.63) is 0 Å². The van der Waals surface area contributed by atoms with E-state index in [4.69, 9.17) is 10.5 Å². The maximum Gasteiger partial charge on any atom is 0.0831 e. The van der Waals surface area contributed by atoms with E-state index >= 15 is 0 Å². The Balaban J connectivity index is 1.95. The Morgan fingerprint density at radius 1 is 1.24 bits per heavy atom. The van der Waals surface area contributed by atoms with Crippen LogP contribution >= 0.6 is 0 Å². The van der Waals surface area contributed by atoms with Gasteiger partial charge in [-0.25, -0.2) is 0 Å². The van der Waals surface area contributed by atoms with Gasteiger partial charge in [0.1, 0.15) is 0 Å². The maximum atomic E-state index is 6.51. The Labute approximate surface area is 106 Å². The number of hydrogen-bond acceptors (Lipinski definition) is 2. The molecular formula is C15H29NO. The highest BCUT2D eigenvalue weighted by Gasteiger charge is 2.41. The summed E-state index contributed by atoms with van der Waals surface area (Å²) in [5.74, 6) is 1.65. The van der Waals surface area contributed by atoms with Gasteiger partial charge in [0.05, 0.1) is 5.60 Å². The van der Waals surface area contributed by atoms with E-state index in [2.05, 4.69) is 6.92 Å². The van der Waals surface area contributed by atoms with Gasteiger partial charge in [-0.2, -0.15) is 0 Å². The van der Waals surface area contributed by atoms with Crippen molar-refractivity contribution in [2.45, 2.75) is 76.4 Å². The minimum atomic E-state index is -0.0136. The van der Waals surface area contributed by atoms with E-state index in [9.17, 15) is 0 Å². The van der Waals surface area contributed by atoms with Gasteiger partial charge in [-0.05, 0) is 31.1 Å². The monoisotopic (exact) mass is 239 g/mol. The highest BCUT2D eigenvalue weighted by molar-refractivity contribution is 4.96. The zero-order chi connectivity index (χ0) is 12.3. The fraction of sp³-hybridized carbons (Fsp3) is 1.00. The van der Waals surface area contributed by atoms with Crippen LogP contribution in [0.4, 0.5) is 0 Å². The second-order valence-electron chi connectivity index (χ2n) is 6.46. The molecule has 0 aromatic rings. The quantitative estimate of drug-likeness (QED) is 0.815. The molecule has 2 aliphatic rings. The highest BCUT2D eigenvalue weighted by Crippen LogP contribution is 2.40. The molecule has 3 unspecified atom stereocenters. The van der Waals surface area contributed by atoms with Gasteiger partial charge < -0.3 is 10.5 Å². The summed E-state index contributed by atoms with van der Waals surface area (Å²) in [6.45, 7) is 2.34. The van der Waals surface area contributed by atoms with Crippen LogP contribution in [0.25, 0.3) is 0 Å². The molecule has 0 spiro atoms. The second-order valence-corrected chi connectivity index (χ2v) is 6.46. The third-order valence-corrected chi connectivity index (χ3v) is 5.14. The first-order chi connectivity index (χ1) is 8.16. The molecule has 0 aromatic heterocycles. The lowest BCUT2D eigenvalue weighted by Crippen LogP contribution is -2.52. The fourth-order valence-electron chi connectivity index (χ4n) is 4.04. The number of nitrogens with two attached hydrogens (primary N) is 1. The zero-order valence-electron chi connectivity index (χ0n) is 11.6. The van der Waals surface area contributed by atoms with Crippen molar-refractivity contribution in [1.29, 1.82) is 0 Å². The van der Waals surface area contributed by atoms with Crippen LogP contribution in [-0.2, 0) is 4.74 Å². The SMILES string of the molecule is COC1(C(N)CC2CCCC2)CCCC(C)C1. The van der Waals surface area contributed by atoms with Gasteiger partial charge in [-0.15, -0.1) is 0 Å². The fourth-order valence-corrected chi connectivity index (χ4v) is 4.04. The average molecular weight is 239 g/mol. The van der Waals surface area contributed by atoms with E-state index in [0.717, 1.165) is 18.3 Å². The highest BCUT2D eigenvalue weighted by atomic mass is 16.5. The molecule has 3 atom stereocenters. The zero-order valence-corrected chi connectivity index (χ0v) is 11.6. The van der Waals surface area contributed by atoms with E-state index in [1.165, 1.54) is 51.4 Å². The van der Waals surface area contributed by atoms with E-state index in [1.54, 1.807) is 0 Å². The molecule has 0 aromatic carbocycles. The standard InChI is InChI=1S/C15H29NO/c1-12-6-5-9-15(11-12,17-2)14(16)10-13-7-3-4-8-13/h12-14H,3-11,16H2,1-2H3. The number of methoxy groups -OCH3 is 1. The summed E-state index contributed by atoms with van der Waals surface area (Å²) in [4.78, 5) is 0. The number of rotatable bonds is 4. The normalized spacial score (nSPS) is 37.2. The van der Waals surface area contributed by atoms with Gasteiger partial charge in [-0.3, -0.25) is 0 Å². The van der Waals surface area contributed by atoms with Gasteiger partial charge in [0, 0.05) is 13.2 Å². The minimum Gasteiger partial charge on any atom is -0.377 e. The molecule has 0 heterocycles. The Kier molecular flexibility index (Phi) is 4.48. The lowest BCUT2D eigenvalue weighted by Gasteiger charge is -2.44. The predicted molar refractivity (Wildman–Crippen MR) is 71.9 cm³/mol. The van der Waals surface area contributed by atoms with Crippen LogP contribution in [0, 0.1) is 11.8 Å². The number of ether oxygens (including phenoxy) is 1. The van der Waals surface area contributed by atoms with Crippen LogP contribution in [0.15, 0.2) is 0 Å². The first kappa shape index (κ1) is 13.4. The first-order valence-electron chi connectivity index (χ1n) is 7.47. The molecule has 2 nitrogen and oxygen atoms in total. The summed E-state index contributed by atoms with van der Waals surface area (Å²) in [5.41, 5.74) is 6.50. The van der Waals surface area contributed by atoms with Crippen molar-refractivity contribution in [2.24, 2.45) is 17.6 Å². The van der Waals surface area contributed by atoms with E-state index < -0.39 is 0 Å². The average Bonchev–Trinajstić information content (AvgIpc) is 2.81. The number of hydrogen-bond donors (Lipinski definition) is 1. The lowest BCUT2D eigenvalue weighted by atomic mass is 9.72. The maximum absolute atomic E-state index is 6.51. The summed E-state index contributed by atoms with van der Waals surface area (Å²) in [5, 5.41) is 0. The molecule has 2 saturated carbocycles. The van der Waals surface area contributed by atoms with Crippen LogP contribution < -0.4 is 5.73 Å². The van der Waals surface area contributed by atoms with Crippen LogP contribution in [0.2, 0.25) is 0 Å². The van der Waals surface area contributed by atoms with E-state index in [-0.39, 0.29) is 11.6 Å². The van der Waals surface area contributed by atoms with Gasteiger partial charge in [-0.1, -0.05) is 45.4 Å². The molecule has 2 N–H and O–H groups in total. The molecule has 2 heteroatoms. The van der Waals surface area contributed by atoms with E-state index in [1.807, 2.05) is 7.11 Å². The first-order valence-corrected chi connectivity index (χ1v) is 7.47. The molecule has 2 rings (SSSR count). The Hall–Kier alpha value is -0.0800. The molecule has 2 aliphatic carbocycles. The van der Waals surface area contributed by atoms with Gasteiger partial charge >= 0.3 is 0 Å². The molecule has 2 fully saturated rings. The summed E-state index contributed by atoms with van der Waals surface area (Å²) in [6.07, 6.45) is 11.8. The van der Waals surface area contributed by atoms with E-state index in [0.29, 0.717) is 0 Å². The lowest BCUT2D eigenvalue weighted by molar-refractivity contribution is -0.0749. The van der Waals surface area contributed by atoms with Gasteiger partial charge in [0.15, 0.2) is 0 Å². The van der Waals surface area contributed by atoms with Crippen molar-refractivity contribution < 1.29 is 4.74 Å². The molecule has 0 aliphatic heterocycles. The van der Waals surface area contributed by atoms with Crippen molar-refractivity contribution >= 4 is 0 Å². The smallest absolute Gasteiger partial charge is 0.0831 e. The molecular weight excluding hydrogens is 210 g/mol. The molecule has 100 valence electrons. The Morgan fingerprint density at radius 3 is 2.53 bits per heavy atom. The third kappa shape index (κ3) is 3.03. The minimum absolute atomic E-state index is 0.0136. The molecule has 0 saturated heterocycles. The third-order valence-electron chi connectivity index (χ3n) is 5.14. The van der Waals surface area contributed by atoms with Crippen LogP contribution in [0.5, 0.6) is 0 Å². The topological polar surface area (TPSA) is 35.2 Å². The molecule has 0 radical (unpaired) electrons. The second kappa shape index (κ2) is 5.71. The Morgan fingerprint density at radius 2 is 1.94 bits per heavy atom. The predicted octanol–water partition coefficient (Wildman–Crippen LogP) is 3.49. The molecule has 17 heavy (non-hydrogen) atoms. The molecule has 0 bridgehead atoms. The summed E-state index contributed by atoms with van der Waals surface area (Å²) >= 11 is 0. The largest absolute Gasteiger partial charge is 0.377 e. The van der Waals surface area contributed by atoms with Crippen LogP contribution in [0.1, 0.15) is 64.7 Å². The summed E-state index contributed by atoms with van der Waals surface area (Å²) in [7, 11) is 1.87. The van der Waals surface area contributed by atoms with Gasteiger partial charge in [0.25, 0.3) is 0 Å². The van der Waals surface area contributed by atoms with Crippen LogP contribution in [0.3, 0.4) is 0 Å². The van der Waals surface area contributed by atoms with Crippen molar-refractivity contribution in [3.8, 4) is 0 Å². The molecule has 0 amide bonds. The Bertz CT molecular complexity index is 237. The summed E-state index contributed by atoms with van der Waals surface area (Å²) in [6, 6.07) is 0.248. The van der Waals surface area contributed by atoms with Crippen molar-refractivity contribution in [2.75, 3.05) is 7.11 Å². The van der Waals surface area contributed by atoms with Crippen molar-refractivity contribution in [1.82, 2.24) is 0 Å². The summed E-state index contributed by atoms with van der Waals surface area (Å²) < 4.78 is 5.90.